The molecule has 0 fully saturated rings. The number of hydrogen-bond donors (Lipinski definition) is 0. The van der Waals surface area contributed by atoms with E-state index in [4.69, 9.17) is 0 Å². The van der Waals surface area contributed by atoms with Gasteiger partial charge in [-0.25, -0.2) is 8.42 Å². The molecule has 0 atom stereocenters. The van der Waals surface area contributed by atoms with Gasteiger partial charge < -0.3 is 9.29 Å². The van der Waals surface area contributed by atoms with E-state index in [2.05, 4.69) is 8.92 Å². The molecule has 5 nitrogen and oxygen atoms in total. The average Bonchev–Trinajstić information content (AvgIpc) is 1.78. The van der Waals surface area contributed by atoms with Crippen LogP contribution in [0.1, 0.15) is 6.42 Å². The summed E-state index contributed by atoms with van der Waals surface area (Å²) in [6.07, 6.45) is 0.401. The Labute approximate surface area is 78.2 Å². The maximum absolute atomic E-state index is 9.78. The third kappa shape index (κ3) is 13.4. The second kappa shape index (κ2) is 7.10. The van der Waals surface area contributed by atoms with E-state index in [0.717, 1.165) is 0 Å². The third-order valence-corrected chi connectivity index (χ3v) is 1.18. The first-order chi connectivity index (χ1) is 4.56. The van der Waals surface area contributed by atoms with Gasteiger partial charge in [0.2, 0.25) is 10.4 Å². The molecule has 0 amide bonds. The Kier molecular flexibility index (Phi) is 9.02. The molecule has 0 aromatic heterocycles. The molecule has 0 aliphatic carbocycles. The summed E-state index contributed by atoms with van der Waals surface area (Å²) in [5.74, 6) is 0. The van der Waals surface area contributed by atoms with E-state index in [1.54, 1.807) is 0 Å². The van der Waals surface area contributed by atoms with Crippen LogP contribution in [0.5, 0.6) is 0 Å². The molecular formula is C4H9LiO5S. The quantitative estimate of drug-likeness (QED) is 0.188. The largest absolute Gasteiger partial charge is 1.00 e. The van der Waals surface area contributed by atoms with Crippen molar-refractivity contribution < 1.29 is 40.8 Å². The monoisotopic (exact) mass is 176 g/mol. The molecule has 0 N–H and O–H groups in total. The number of rotatable bonds is 5. The zero-order chi connectivity index (χ0) is 8.04. The van der Waals surface area contributed by atoms with Crippen LogP contribution < -0.4 is 18.9 Å². The van der Waals surface area contributed by atoms with Gasteiger partial charge in [0, 0.05) is 13.7 Å². The Hall–Kier alpha value is 0.427. The van der Waals surface area contributed by atoms with E-state index in [-0.39, 0.29) is 25.5 Å². The van der Waals surface area contributed by atoms with E-state index in [0.29, 0.717) is 13.0 Å². The standard InChI is InChI=1S/C4H10O5S.Li/c1-8-3-2-4-9-10(5,6)7;/h2-4H2,1H3,(H,5,6,7);/q;+1/p-1. The van der Waals surface area contributed by atoms with Crippen molar-refractivity contribution in [2.75, 3.05) is 20.3 Å². The molecule has 0 aromatic carbocycles. The van der Waals surface area contributed by atoms with Gasteiger partial charge in [0.1, 0.15) is 0 Å². The first-order valence-electron chi connectivity index (χ1n) is 2.65. The van der Waals surface area contributed by atoms with Crippen LogP contribution in [0.25, 0.3) is 0 Å². The molecule has 0 aliphatic heterocycles. The van der Waals surface area contributed by atoms with Gasteiger partial charge in [0.05, 0.1) is 6.61 Å². The summed E-state index contributed by atoms with van der Waals surface area (Å²) in [7, 11) is -3.03. The van der Waals surface area contributed by atoms with Gasteiger partial charge in [-0.1, -0.05) is 0 Å². The molecule has 0 rings (SSSR count). The van der Waals surface area contributed by atoms with Crippen LogP contribution >= 0.6 is 0 Å². The van der Waals surface area contributed by atoms with Gasteiger partial charge in [-0.15, -0.1) is 0 Å². The molecule has 11 heavy (non-hydrogen) atoms. The van der Waals surface area contributed by atoms with Crippen molar-refractivity contribution >= 4 is 10.4 Å². The van der Waals surface area contributed by atoms with Crippen molar-refractivity contribution in [2.45, 2.75) is 6.42 Å². The van der Waals surface area contributed by atoms with Crippen LogP contribution in [0, 0.1) is 0 Å². The molecule has 7 heteroatoms. The van der Waals surface area contributed by atoms with Gasteiger partial charge in [-0.2, -0.15) is 0 Å². The molecule has 0 unspecified atom stereocenters. The first kappa shape index (κ1) is 14.0. The molecule has 62 valence electrons. The fourth-order valence-corrected chi connectivity index (χ4v) is 0.686. The minimum atomic E-state index is -4.51. The average molecular weight is 176 g/mol. The predicted octanol–water partition coefficient (Wildman–Crippen LogP) is -3.50. The Morgan fingerprint density at radius 3 is 2.27 bits per heavy atom. The van der Waals surface area contributed by atoms with E-state index in [1.165, 1.54) is 7.11 Å². The summed E-state index contributed by atoms with van der Waals surface area (Å²) in [5.41, 5.74) is 0. The normalized spacial score (nSPS) is 10.7. The van der Waals surface area contributed by atoms with Crippen LogP contribution in [-0.4, -0.2) is 33.3 Å². The second-order valence-corrected chi connectivity index (χ2v) is 2.63. The van der Waals surface area contributed by atoms with Crippen molar-refractivity contribution in [2.24, 2.45) is 0 Å². The Balaban J connectivity index is 0. The zero-order valence-corrected chi connectivity index (χ0v) is 7.39. The van der Waals surface area contributed by atoms with Crippen LogP contribution in [-0.2, 0) is 19.3 Å². The summed E-state index contributed by atoms with van der Waals surface area (Å²) in [4.78, 5) is 0. The van der Waals surface area contributed by atoms with E-state index in [9.17, 15) is 13.0 Å². The minimum absolute atomic E-state index is 0. The van der Waals surface area contributed by atoms with E-state index >= 15 is 0 Å². The maximum atomic E-state index is 9.78. The van der Waals surface area contributed by atoms with Gasteiger partial charge in [0.15, 0.2) is 0 Å². The zero-order valence-electron chi connectivity index (χ0n) is 6.57. The van der Waals surface area contributed by atoms with Gasteiger partial charge in [0.25, 0.3) is 0 Å². The summed E-state index contributed by atoms with van der Waals surface area (Å²) in [6.45, 7) is 0.273. The van der Waals surface area contributed by atoms with E-state index < -0.39 is 10.4 Å². The van der Waals surface area contributed by atoms with Crippen molar-refractivity contribution in [3.63, 3.8) is 0 Å². The SMILES string of the molecule is COCCCOS(=O)(=O)[O-].[Li+]. The molecule has 0 radical (unpaired) electrons. The molecule has 0 saturated heterocycles. The molecular weight excluding hydrogens is 167 g/mol. The molecule has 0 heterocycles. The summed E-state index contributed by atoms with van der Waals surface area (Å²) >= 11 is 0. The number of methoxy groups -OCH3 is 1. The summed E-state index contributed by atoms with van der Waals surface area (Å²) in [6, 6.07) is 0. The Morgan fingerprint density at radius 2 is 1.91 bits per heavy atom. The fraction of sp³-hybridized carbons (Fsp3) is 1.00. The van der Waals surface area contributed by atoms with Crippen molar-refractivity contribution in [1.29, 1.82) is 0 Å². The second-order valence-electron chi connectivity index (χ2n) is 1.58. The van der Waals surface area contributed by atoms with Crippen LogP contribution in [0.15, 0.2) is 0 Å². The Morgan fingerprint density at radius 1 is 1.36 bits per heavy atom. The third-order valence-electron chi connectivity index (χ3n) is 0.720. The van der Waals surface area contributed by atoms with Crippen molar-refractivity contribution in [1.82, 2.24) is 0 Å². The van der Waals surface area contributed by atoms with Crippen molar-refractivity contribution in [3.8, 4) is 0 Å². The molecule has 0 saturated carbocycles. The maximum Gasteiger partial charge on any atom is 1.00 e. The first-order valence-corrected chi connectivity index (χ1v) is 3.99. The summed E-state index contributed by atoms with van der Waals surface area (Å²) in [5, 5.41) is 0. The topological polar surface area (TPSA) is 75.7 Å². The van der Waals surface area contributed by atoms with Gasteiger partial charge in [-0.05, 0) is 6.42 Å². The molecule has 0 aliphatic rings. The predicted molar refractivity (Wildman–Crippen MR) is 32.1 cm³/mol. The van der Waals surface area contributed by atoms with Crippen LogP contribution in [0.4, 0.5) is 0 Å². The number of hydrogen-bond acceptors (Lipinski definition) is 5. The molecule has 0 aromatic rings. The summed E-state index contributed by atoms with van der Waals surface area (Å²) < 4.78 is 37.8. The van der Waals surface area contributed by atoms with Crippen LogP contribution in [0.2, 0.25) is 0 Å². The Bertz CT molecular complexity index is 165. The van der Waals surface area contributed by atoms with E-state index in [1.807, 2.05) is 0 Å². The van der Waals surface area contributed by atoms with Gasteiger partial charge in [-0.3, -0.25) is 4.18 Å². The minimum Gasteiger partial charge on any atom is -0.726 e. The molecule has 0 spiro atoms. The van der Waals surface area contributed by atoms with Gasteiger partial charge >= 0.3 is 18.9 Å². The smallest absolute Gasteiger partial charge is 0.726 e. The fourth-order valence-electron chi connectivity index (χ4n) is 0.364. The van der Waals surface area contributed by atoms with Crippen LogP contribution in [0.3, 0.4) is 0 Å². The van der Waals surface area contributed by atoms with Crippen molar-refractivity contribution in [3.05, 3.63) is 0 Å². The number of ether oxygens (including phenoxy) is 1. The molecule has 0 bridgehead atoms.